The summed E-state index contributed by atoms with van der Waals surface area (Å²) in [6.45, 7) is 2.13. The highest BCUT2D eigenvalue weighted by molar-refractivity contribution is 5.85. The molecule has 0 aromatic heterocycles. The van der Waals surface area contributed by atoms with Crippen LogP contribution in [0, 0.1) is 6.92 Å². The molecule has 2 saturated heterocycles. The number of carbonyl (C=O) groups is 1. The van der Waals surface area contributed by atoms with Crippen LogP contribution < -0.4 is 15.4 Å². The predicted molar refractivity (Wildman–Crippen MR) is 85.0 cm³/mol. The molecule has 5 heteroatoms. The van der Waals surface area contributed by atoms with Crippen LogP contribution in [0.2, 0.25) is 0 Å². The van der Waals surface area contributed by atoms with Gasteiger partial charge in [-0.15, -0.1) is 12.4 Å². The third kappa shape index (κ3) is 4.35. The number of carbonyl (C=O) groups excluding carboxylic acids is 1. The molecular weight excluding hydrogens is 288 g/mol. The van der Waals surface area contributed by atoms with Crippen molar-refractivity contribution in [2.75, 3.05) is 6.61 Å². The molecule has 0 aliphatic carbocycles. The second-order valence-corrected chi connectivity index (χ2v) is 5.98. The van der Waals surface area contributed by atoms with Gasteiger partial charge in [0, 0.05) is 18.1 Å². The largest absolute Gasteiger partial charge is 0.484 e. The molecule has 2 aliphatic heterocycles. The van der Waals surface area contributed by atoms with Gasteiger partial charge in [-0.25, -0.2) is 0 Å². The summed E-state index contributed by atoms with van der Waals surface area (Å²) in [5.41, 5.74) is 1.19. The van der Waals surface area contributed by atoms with E-state index in [1.807, 2.05) is 31.2 Å². The predicted octanol–water partition coefficient (Wildman–Crippen LogP) is 2.19. The van der Waals surface area contributed by atoms with Crippen LogP contribution in [-0.2, 0) is 4.79 Å². The van der Waals surface area contributed by atoms with Crippen molar-refractivity contribution in [2.45, 2.75) is 50.7 Å². The fraction of sp³-hybridized carbons (Fsp3) is 0.562. The lowest BCUT2D eigenvalue weighted by atomic mass is 10.00. The number of aryl methyl sites for hydroxylation is 1. The van der Waals surface area contributed by atoms with Gasteiger partial charge in [-0.1, -0.05) is 17.7 Å². The Bertz CT molecular complexity index is 466. The zero-order valence-electron chi connectivity index (χ0n) is 12.3. The Labute approximate surface area is 132 Å². The van der Waals surface area contributed by atoms with Gasteiger partial charge >= 0.3 is 0 Å². The summed E-state index contributed by atoms with van der Waals surface area (Å²) >= 11 is 0. The van der Waals surface area contributed by atoms with E-state index in [9.17, 15) is 4.79 Å². The number of nitrogens with one attached hydrogen (secondary N) is 2. The number of rotatable bonds is 4. The number of benzene rings is 1. The molecule has 116 valence electrons. The lowest BCUT2D eigenvalue weighted by molar-refractivity contribution is -0.124. The molecule has 0 radical (unpaired) electrons. The Hall–Kier alpha value is -1.26. The standard InChI is InChI=1S/C16H22N2O2.ClH/c1-11-2-6-15(7-3-11)20-10-16(19)18-14-8-12-4-5-13(9-14)17-12;/h2-3,6-7,12-14,17H,4-5,8-10H2,1H3,(H,18,19);1H. The van der Waals surface area contributed by atoms with Crippen molar-refractivity contribution in [3.63, 3.8) is 0 Å². The van der Waals surface area contributed by atoms with Crippen molar-refractivity contribution in [1.82, 2.24) is 10.6 Å². The maximum absolute atomic E-state index is 11.9. The summed E-state index contributed by atoms with van der Waals surface area (Å²) in [4.78, 5) is 11.9. The first-order chi connectivity index (χ1) is 9.69. The first-order valence-corrected chi connectivity index (χ1v) is 7.44. The SMILES string of the molecule is Cc1ccc(OCC(=O)NC2CC3CCC(C2)N3)cc1.Cl. The number of ether oxygens (including phenoxy) is 1. The van der Waals surface area contributed by atoms with Crippen LogP contribution in [0.1, 0.15) is 31.2 Å². The van der Waals surface area contributed by atoms with E-state index in [0.717, 1.165) is 18.6 Å². The average molecular weight is 311 g/mol. The molecule has 0 spiro atoms. The van der Waals surface area contributed by atoms with Crippen molar-refractivity contribution < 1.29 is 9.53 Å². The summed E-state index contributed by atoms with van der Waals surface area (Å²) in [6.07, 6.45) is 4.59. The van der Waals surface area contributed by atoms with Gasteiger partial charge in [-0.05, 0) is 44.7 Å². The van der Waals surface area contributed by atoms with Crippen LogP contribution in [0.5, 0.6) is 5.75 Å². The molecule has 4 nitrogen and oxygen atoms in total. The van der Waals surface area contributed by atoms with Gasteiger partial charge in [0.05, 0.1) is 0 Å². The molecule has 2 unspecified atom stereocenters. The van der Waals surface area contributed by atoms with Crippen molar-refractivity contribution in [3.8, 4) is 5.75 Å². The molecule has 21 heavy (non-hydrogen) atoms. The minimum Gasteiger partial charge on any atom is -0.484 e. The topological polar surface area (TPSA) is 50.4 Å². The van der Waals surface area contributed by atoms with Crippen LogP contribution in [-0.4, -0.2) is 30.6 Å². The van der Waals surface area contributed by atoms with Gasteiger partial charge in [0.25, 0.3) is 5.91 Å². The smallest absolute Gasteiger partial charge is 0.258 e. The van der Waals surface area contributed by atoms with Gasteiger partial charge in [0.2, 0.25) is 0 Å². The summed E-state index contributed by atoms with van der Waals surface area (Å²) in [5, 5.41) is 6.67. The van der Waals surface area contributed by atoms with Crippen LogP contribution >= 0.6 is 12.4 Å². The fourth-order valence-electron chi connectivity index (χ4n) is 3.23. The highest BCUT2D eigenvalue weighted by atomic mass is 35.5. The molecule has 1 amide bonds. The second-order valence-electron chi connectivity index (χ2n) is 5.98. The first kappa shape index (κ1) is 16.1. The first-order valence-electron chi connectivity index (χ1n) is 7.44. The lowest BCUT2D eigenvalue weighted by Crippen LogP contribution is -2.48. The Balaban J connectivity index is 0.00000161. The summed E-state index contributed by atoms with van der Waals surface area (Å²) in [6, 6.07) is 9.26. The minimum absolute atomic E-state index is 0. The number of piperidine rings is 1. The summed E-state index contributed by atoms with van der Waals surface area (Å²) in [5.74, 6) is 0.730. The summed E-state index contributed by atoms with van der Waals surface area (Å²) < 4.78 is 5.51. The zero-order valence-corrected chi connectivity index (χ0v) is 13.1. The number of hydrogen-bond donors (Lipinski definition) is 2. The maximum Gasteiger partial charge on any atom is 0.258 e. The van der Waals surface area contributed by atoms with E-state index in [4.69, 9.17) is 4.74 Å². The maximum atomic E-state index is 11.9. The van der Waals surface area contributed by atoms with Gasteiger partial charge < -0.3 is 15.4 Å². The number of amides is 1. The molecule has 2 aliphatic rings. The van der Waals surface area contributed by atoms with Crippen molar-refractivity contribution >= 4 is 18.3 Å². The van der Waals surface area contributed by atoms with Gasteiger partial charge in [-0.2, -0.15) is 0 Å². The van der Waals surface area contributed by atoms with E-state index in [1.165, 1.54) is 18.4 Å². The molecule has 2 bridgehead atoms. The quantitative estimate of drug-likeness (QED) is 0.896. The van der Waals surface area contributed by atoms with Crippen molar-refractivity contribution in [2.24, 2.45) is 0 Å². The highest BCUT2D eigenvalue weighted by Crippen LogP contribution is 2.26. The van der Waals surface area contributed by atoms with E-state index in [2.05, 4.69) is 10.6 Å². The Morgan fingerprint density at radius 2 is 1.86 bits per heavy atom. The van der Waals surface area contributed by atoms with E-state index >= 15 is 0 Å². The van der Waals surface area contributed by atoms with Crippen LogP contribution in [0.25, 0.3) is 0 Å². The van der Waals surface area contributed by atoms with Gasteiger partial charge in [0.15, 0.2) is 6.61 Å². The Morgan fingerprint density at radius 3 is 2.48 bits per heavy atom. The van der Waals surface area contributed by atoms with E-state index < -0.39 is 0 Å². The van der Waals surface area contributed by atoms with Crippen molar-refractivity contribution in [3.05, 3.63) is 29.8 Å². The third-order valence-electron chi connectivity index (χ3n) is 4.23. The van der Waals surface area contributed by atoms with E-state index in [1.54, 1.807) is 0 Å². The van der Waals surface area contributed by atoms with Crippen molar-refractivity contribution in [1.29, 1.82) is 0 Å². The normalized spacial score (nSPS) is 26.8. The molecule has 3 rings (SSSR count). The molecule has 1 aromatic rings. The molecular formula is C16H23ClN2O2. The average Bonchev–Trinajstić information content (AvgIpc) is 2.77. The monoisotopic (exact) mass is 310 g/mol. The third-order valence-corrected chi connectivity index (χ3v) is 4.23. The number of hydrogen-bond acceptors (Lipinski definition) is 3. The lowest BCUT2D eigenvalue weighted by Gasteiger charge is -2.29. The highest BCUT2D eigenvalue weighted by Gasteiger charge is 2.33. The molecule has 1 aromatic carbocycles. The van der Waals surface area contributed by atoms with E-state index in [-0.39, 0.29) is 24.9 Å². The number of halogens is 1. The Morgan fingerprint density at radius 1 is 1.24 bits per heavy atom. The van der Waals surface area contributed by atoms with Crippen LogP contribution in [0.3, 0.4) is 0 Å². The molecule has 2 fully saturated rings. The molecule has 2 N–H and O–H groups in total. The van der Waals surface area contributed by atoms with Gasteiger partial charge in [0.1, 0.15) is 5.75 Å². The molecule has 2 atom stereocenters. The van der Waals surface area contributed by atoms with Gasteiger partial charge in [-0.3, -0.25) is 4.79 Å². The number of fused-ring (bicyclic) bond motifs is 2. The molecule has 2 heterocycles. The van der Waals surface area contributed by atoms with Crippen LogP contribution in [0.15, 0.2) is 24.3 Å². The Kier molecular flexibility index (Phi) is 5.48. The molecule has 0 saturated carbocycles. The van der Waals surface area contributed by atoms with Crippen LogP contribution in [0.4, 0.5) is 0 Å². The zero-order chi connectivity index (χ0) is 13.9. The second kappa shape index (κ2) is 7.14. The van der Waals surface area contributed by atoms with E-state index in [0.29, 0.717) is 18.1 Å². The summed E-state index contributed by atoms with van der Waals surface area (Å²) in [7, 11) is 0. The minimum atomic E-state index is -0.0168. The fourth-order valence-corrected chi connectivity index (χ4v) is 3.23.